The van der Waals surface area contributed by atoms with Crippen molar-refractivity contribution in [3.8, 4) is 28.4 Å². The monoisotopic (exact) mass is 432 g/mol. The van der Waals surface area contributed by atoms with E-state index in [1.807, 2.05) is 58.5 Å². The summed E-state index contributed by atoms with van der Waals surface area (Å²) in [6, 6.07) is 16.1. The second-order valence-electron chi connectivity index (χ2n) is 8.19. The van der Waals surface area contributed by atoms with Crippen LogP contribution in [0.4, 0.5) is 10.5 Å². The summed E-state index contributed by atoms with van der Waals surface area (Å²) in [4.78, 5) is 22.4. The lowest BCUT2D eigenvalue weighted by molar-refractivity contribution is 0.200. The number of rotatable bonds is 8. The third-order valence-electron chi connectivity index (χ3n) is 6.02. The van der Waals surface area contributed by atoms with Crippen LogP contribution < -0.4 is 9.64 Å². The second-order valence-corrected chi connectivity index (χ2v) is 8.19. The van der Waals surface area contributed by atoms with Crippen molar-refractivity contribution in [3.05, 3.63) is 54.7 Å². The largest absolute Gasteiger partial charge is 0.497 e. The van der Waals surface area contributed by atoms with Crippen molar-refractivity contribution in [1.29, 1.82) is 0 Å². The quantitative estimate of drug-likeness (QED) is 0.437. The summed E-state index contributed by atoms with van der Waals surface area (Å²) in [7, 11) is 1.66. The highest BCUT2D eigenvalue weighted by Crippen LogP contribution is 2.39. The Morgan fingerprint density at radius 3 is 2.38 bits per heavy atom. The van der Waals surface area contributed by atoms with Gasteiger partial charge >= 0.3 is 6.03 Å². The smallest absolute Gasteiger partial charge is 0.326 e. The van der Waals surface area contributed by atoms with Crippen LogP contribution in [0.1, 0.15) is 39.5 Å². The molecule has 0 aliphatic carbocycles. The van der Waals surface area contributed by atoms with Crippen LogP contribution in [-0.2, 0) is 6.67 Å². The molecule has 3 aromatic rings. The number of amides is 2. The fourth-order valence-electron chi connectivity index (χ4n) is 4.18. The number of urea groups is 1. The molecule has 1 aliphatic rings. The third kappa shape index (κ3) is 4.22. The molecule has 0 saturated carbocycles. The molecule has 0 N–H and O–H groups in total. The summed E-state index contributed by atoms with van der Waals surface area (Å²) in [5.74, 6) is 1.66. The van der Waals surface area contributed by atoms with Gasteiger partial charge in [0.1, 0.15) is 18.2 Å². The number of anilines is 1. The molecule has 0 unspecified atom stereocenters. The Morgan fingerprint density at radius 1 is 1.03 bits per heavy atom. The fourth-order valence-corrected chi connectivity index (χ4v) is 4.18. The van der Waals surface area contributed by atoms with Crippen molar-refractivity contribution in [1.82, 2.24) is 14.5 Å². The molecular weight excluding hydrogens is 400 g/mol. The molecule has 0 atom stereocenters. The molecule has 2 heterocycles. The Morgan fingerprint density at radius 2 is 1.72 bits per heavy atom. The van der Waals surface area contributed by atoms with E-state index < -0.39 is 0 Å². The molecule has 2 aromatic carbocycles. The summed E-state index contributed by atoms with van der Waals surface area (Å²) in [6.07, 6.45) is 6.07. The van der Waals surface area contributed by atoms with Crippen LogP contribution in [0.25, 0.3) is 22.6 Å². The first-order valence-electron chi connectivity index (χ1n) is 11.5. The maximum absolute atomic E-state index is 13.7. The van der Waals surface area contributed by atoms with Gasteiger partial charge in [0, 0.05) is 24.2 Å². The molecule has 6 heteroatoms. The van der Waals surface area contributed by atoms with Crippen LogP contribution in [0, 0.1) is 0 Å². The van der Waals surface area contributed by atoms with E-state index in [1.54, 1.807) is 7.11 Å². The van der Waals surface area contributed by atoms with Gasteiger partial charge in [-0.05, 0) is 43.2 Å². The molecule has 1 aliphatic heterocycles. The van der Waals surface area contributed by atoms with E-state index in [4.69, 9.17) is 9.72 Å². The normalized spacial score (nSPS) is 12.3. The van der Waals surface area contributed by atoms with Gasteiger partial charge in [0.2, 0.25) is 0 Å². The topological polar surface area (TPSA) is 50.6 Å². The number of carbonyl (C=O) groups excluding carboxylic acids is 1. The molecule has 0 fully saturated rings. The van der Waals surface area contributed by atoms with E-state index in [1.165, 1.54) is 0 Å². The molecular formula is C26H32N4O2. The Balaban J connectivity index is 1.72. The lowest BCUT2D eigenvalue weighted by Gasteiger charge is -2.35. The Bertz CT molecular complexity index is 1050. The van der Waals surface area contributed by atoms with Gasteiger partial charge in [-0.15, -0.1) is 0 Å². The highest BCUT2D eigenvalue weighted by molar-refractivity contribution is 5.97. The number of benzene rings is 2. The van der Waals surface area contributed by atoms with Crippen molar-refractivity contribution in [2.75, 3.05) is 25.1 Å². The summed E-state index contributed by atoms with van der Waals surface area (Å²) in [6.45, 7) is 6.35. The standard InChI is InChI=1S/C26H32N4O2/c1-4-6-16-28(17-7-5-2)26(31)30-19-29-24(22-10-8-9-11-23(22)30)18-27-25(29)20-12-14-21(32-3)15-13-20/h8-15,18H,4-7,16-17,19H2,1-3H3. The van der Waals surface area contributed by atoms with Gasteiger partial charge in [-0.1, -0.05) is 44.9 Å². The first-order chi connectivity index (χ1) is 15.7. The number of ether oxygens (including phenoxy) is 1. The molecule has 2 amide bonds. The van der Waals surface area contributed by atoms with Crippen LogP contribution >= 0.6 is 0 Å². The molecule has 1 aromatic heterocycles. The highest BCUT2D eigenvalue weighted by atomic mass is 16.5. The van der Waals surface area contributed by atoms with Gasteiger partial charge < -0.3 is 14.2 Å². The Labute approximate surface area is 190 Å². The van der Waals surface area contributed by atoms with Crippen LogP contribution in [0.3, 0.4) is 0 Å². The lowest BCUT2D eigenvalue weighted by Crippen LogP contribution is -2.46. The number of para-hydroxylation sites is 1. The fraction of sp³-hybridized carbons (Fsp3) is 0.385. The summed E-state index contributed by atoms with van der Waals surface area (Å²) in [5.41, 5.74) is 4.01. The minimum atomic E-state index is 0.0689. The number of methoxy groups -OCH3 is 1. The van der Waals surface area contributed by atoms with Gasteiger partial charge in [0.25, 0.3) is 0 Å². The zero-order chi connectivity index (χ0) is 22.5. The van der Waals surface area contributed by atoms with Crippen molar-refractivity contribution in [2.24, 2.45) is 0 Å². The van der Waals surface area contributed by atoms with Crippen LogP contribution in [0.2, 0.25) is 0 Å². The van der Waals surface area contributed by atoms with Gasteiger partial charge in [0.15, 0.2) is 0 Å². The molecule has 6 nitrogen and oxygen atoms in total. The SMILES string of the molecule is CCCCN(CCCC)C(=O)N1Cn2c(cnc2-c2ccc(OC)cc2)-c2ccccc21. The van der Waals surface area contributed by atoms with Crippen molar-refractivity contribution in [3.63, 3.8) is 0 Å². The molecule has 0 bridgehead atoms. The van der Waals surface area contributed by atoms with E-state index in [9.17, 15) is 4.79 Å². The van der Waals surface area contributed by atoms with Crippen LogP contribution in [-0.4, -0.2) is 40.7 Å². The predicted octanol–water partition coefficient (Wildman–Crippen LogP) is 6.03. The van der Waals surface area contributed by atoms with Crippen molar-refractivity contribution < 1.29 is 9.53 Å². The number of hydrogen-bond acceptors (Lipinski definition) is 3. The average molecular weight is 433 g/mol. The number of nitrogens with zero attached hydrogens (tertiary/aromatic N) is 4. The predicted molar refractivity (Wildman–Crippen MR) is 129 cm³/mol. The molecule has 168 valence electrons. The maximum atomic E-state index is 13.7. The van der Waals surface area contributed by atoms with Crippen molar-refractivity contribution >= 4 is 11.7 Å². The lowest BCUT2D eigenvalue weighted by atomic mass is 10.1. The van der Waals surface area contributed by atoms with Gasteiger partial charge in [-0.25, -0.2) is 9.78 Å². The van der Waals surface area contributed by atoms with E-state index in [2.05, 4.69) is 24.5 Å². The van der Waals surface area contributed by atoms with E-state index in [0.29, 0.717) is 6.67 Å². The third-order valence-corrected chi connectivity index (χ3v) is 6.02. The molecule has 32 heavy (non-hydrogen) atoms. The zero-order valence-corrected chi connectivity index (χ0v) is 19.3. The second kappa shape index (κ2) is 9.90. The number of carbonyl (C=O) groups is 1. The average Bonchev–Trinajstić information content (AvgIpc) is 3.27. The molecule has 0 spiro atoms. The summed E-state index contributed by atoms with van der Waals surface area (Å²) < 4.78 is 7.44. The number of aromatic nitrogens is 2. The molecule has 0 radical (unpaired) electrons. The highest BCUT2D eigenvalue weighted by Gasteiger charge is 2.31. The minimum absolute atomic E-state index is 0.0689. The van der Waals surface area contributed by atoms with E-state index >= 15 is 0 Å². The van der Waals surface area contributed by atoms with Gasteiger partial charge in [0.05, 0.1) is 24.7 Å². The van der Waals surface area contributed by atoms with Gasteiger partial charge in [-0.3, -0.25) is 4.90 Å². The zero-order valence-electron chi connectivity index (χ0n) is 19.3. The number of unbranched alkanes of at least 4 members (excludes halogenated alkanes) is 2. The Hall–Kier alpha value is -3.28. The van der Waals surface area contributed by atoms with Crippen molar-refractivity contribution in [2.45, 2.75) is 46.2 Å². The maximum Gasteiger partial charge on any atom is 0.326 e. The van der Waals surface area contributed by atoms with Gasteiger partial charge in [-0.2, -0.15) is 0 Å². The van der Waals surface area contributed by atoms with Crippen LogP contribution in [0.15, 0.2) is 54.7 Å². The summed E-state index contributed by atoms with van der Waals surface area (Å²) >= 11 is 0. The van der Waals surface area contributed by atoms with E-state index in [-0.39, 0.29) is 6.03 Å². The number of imidazole rings is 1. The molecule has 4 rings (SSSR count). The first-order valence-corrected chi connectivity index (χ1v) is 11.5. The van der Waals surface area contributed by atoms with Crippen LogP contribution in [0.5, 0.6) is 5.75 Å². The number of hydrogen-bond donors (Lipinski definition) is 0. The molecule has 0 saturated heterocycles. The number of fused-ring (bicyclic) bond motifs is 3. The Kier molecular flexibility index (Phi) is 6.78. The first kappa shape index (κ1) is 21.9. The van der Waals surface area contributed by atoms with E-state index in [0.717, 1.165) is 72.9 Å². The summed E-state index contributed by atoms with van der Waals surface area (Å²) in [5, 5.41) is 0. The minimum Gasteiger partial charge on any atom is -0.497 e.